The number of anilines is 1. The maximum Gasteiger partial charge on any atom is 0.323 e. The van der Waals surface area contributed by atoms with Gasteiger partial charge in [0.15, 0.2) is 0 Å². The molecule has 0 radical (unpaired) electrons. The molecule has 0 aromatic heterocycles. The van der Waals surface area contributed by atoms with Crippen molar-refractivity contribution in [3.63, 3.8) is 0 Å². The number of urea groups is 1. The first-order chi connectivity index (χ1) is 10.0. The molecule has 2 amide bonds. The van der Waals surface area contributed by atoms with Crippen LogP contribution in [0.25, 0.3) is 6.08 Å². The van der Waals surface area contributed by atoms with Gasteiger partial charge < -0.3 is 10.6 Å². The summed E-state index contributed by atoms with van der Waals surface area (Å²) in [7, 11) is 0. The van der Waals surface area contributed by atoms with Gasteiger partial charge in [-0.15, -0.1) is 0 Å². The van der Waals surface area contributed by atoms with Gasteiger partial charge in [-0.1, -0.05) is 47.5 Å². The zero-order valence-electron chi connectivity index (χ0n) is 12.6. The Labute approximate surface area is 125 Å². The number of rotatable bonds is 3. The van der Waals surface area contributed by atoms with Gasteiger partial charge in [0.05, 0.1) is 0 Å². The molecule has 2 aromatic carbocycles. The summed E-state index contributed by atoms with van der Waals surface area (Å²) < 4.78 is 0. The van der Waals surface area contributed by atoms with Crippen molar-refractivity contribution in [2.24, 2.45) is 0 Å². The molecule has 0 spiro atoms. The zero-order valence-corrected chi connectivity index (χ0v) is 12.6. The van der Waals surface area contributed by atoms with Gasteiger partial charge in [0.1, 0.15) is 0 Å². The molecule has 0 aliphatic heterocycles. The average molecular weight is 280 g/mol. The van der Waals surface area contributed by atoms with Crippen LogP contribution in [0.4, 0.5) is 10.5 Å². The Morgan fingerprint density at radius 1 is 1.00 bits per heavy atom. The Kier molecular flexibility index (Phi) is 4.77. The number of carbonyl (C=O) groups is 1. The van der Waals surface area contributed by atoms with E-state index in [4.69, 9.17) is 0 Å². The van der Waals surface area contributed by atoms with Gasteiger partial charge in [-0.05, 0) is 44.0 Å². The van der Waals surface area contributed by atoms with E-state index in [0.717, 1.165) is 16.8 Å². The summed E-state index contributed by atoms with van der Waals surface area (Å²) >= 11 is 0. The van der Waals surface area contributed by atoms with Crippen molar-refractivity contribution in [1.29, 1.82) is 0 Å². The van der Waals surface area contributed by atoms with E-state index in [9.17, 15) is 4.79 Å². The Balaban J connectivity index is 1.93. The molecule has 2 rings (SSSR count). The van der Waals surface area contributed by atoms with Crippen molar-refractivity contribution in [2.45, 2.75) is 20.8 Å². The quantitative estimate of drug-likeness (QED) is 0.859. The van der Waals surface area contributed by atoms with E-state index in [0.29, 0.717) is 0 Å². The fourth-order valence-electron chi connectivity index (χ4n) is 2.10. The molecule has 0 saturated heterocycles. The highest BCUT2D eigenvalue weighted by atomic mass is 16.2. The van der Waals surface area contributed by atoms with Crippen LogP contribution >= 0.6 is 0 Å². The normalized spacial score (nSPS) is 10.6. The molecule has 0 aliphatic rings. The van der Waals surface area contributed by atoms with Crippen LogP contribution in [0.2, 0.25) is 0 Å². The standard InChI is InChI=1S/C18H20N2O/c1-13-5-4-6-16(12-13)9-10-19-18(21)20-17-8-7-14(2)11-15(17)3/h4-12H,1-3H3,(H2,19,20,21)/b10-9+. The molecule has 108 valence electrons. The summed E-state index contributed by atoms with van der Waals surface area (Å²) in [4.78, 5) is 11.8. The first-order valence-electron chi connectivity index (χ1n) is 6.92. The molecule has 3 heteroatoms. The van der Waals surface area contributed by atoms with Crippen LogP contribution in [0.1, 0.15) is 22.3 Å². The minimum Gasteiger partial charge on any atom is -0.314 e. The highest BCUT2D eigenvalue weighted by molar-refractivity contribution is 5.91. The largest absolute Gasteiger partial charge is 0.323 e. The van der Waals surface area contributed by atoms with Crippen LogP contribution in [-0.2, 0) is 0 Å². The summed E-state index contributed by atoms with van der Waals surface area (Å²) in [5.74, 6) is 0. The second kappa shape index (κ2) is 6.75. The van der Waals surface area contributed by atoms with Crippen molar-refractivity contribution in [1.82, 2.24) is 5.32 Å². The third kappa shape index (κ3) is 4.49. The van der Waals surface area contributed by atoms with Gasteiger partial charge in [0.2, 0.25) is 0 Å². The second-order valence-corrected chi connectivity index (χ2v) is 5.16. The van der Waals surface area contributed by atoms with Crippen molar-refractivity contribution >= 4 is 17.8 Å². The van der Waals surface area contributed by atoms with Crippen molar-refractivity contribution < 1.29 is 4.79 Å². The fraction of sp³-hybridized carbons (Fsp3) is 0.167. The Morgan fingerprint density at radius 2 is 1.76 bits per heavy atom. The maximum atomic E-state index is 11.8. The Morgan fingerprint density at radius 3 is 2.48 bits per heavy atom. The highest BCUT2D eigenvalue weighted by Gasteiger charge is 2.02. The number of hydrogen-bond donors (Lipinski definition) is 2. The summed E-state index contributed by atoms with van der Waals surface area (Å²) in [6.45, 7) is 6.05. The van der Waals surface area contributed by atoms with E-state index in [1.165, 1.54) is 11.1 Å². The smallest absolute Gasteiger partial charge is 0.314 e. The van der Waals surface area contributed by atoms with Crippen LogP contribution in [-0.4, -0.2) is 6.03 Å². The fourth-order valence-corrected chi connectivity index (χ4v) is 2.10. The zero-order chi connectivity index (χ0) is 15.2. The number of amides is 2. The summed E-state index contributed by atoms with van der Waals surface area (Å²) in [6.07, 6.45) is 3.52. The van der Waals surface area contributed by atoms with E-state index in [-0.39, 0.29) is 6.03 Å². The average Bonchev–Trinajstić information content (AvgIpc) is 2.42. The SMILES string of the molecule is Cc1cccc(/C=C/NC(=O)Nc2ccc(C)cc2C)c1. The summed E-state index contributed by atoms with van der Waals surface area (Å²) in [5.41, 5.74) is 5.30. The lowest BCUT2D eigenvalue weighted by atomic mass is 10.1. The molecular weight excluding hydrogens is 260 g/mol. The van der Waals surface area contributed by atoms with Gasteiger partial charge in [0, 0.05) is 11.9 Å². The molecule has 0 unspecified atom stereocenters. The maximum absolute atomic E-state index is 11.8. The topological polar surface area (TPSA) is 41.1 Å². The van der Waals surface area contributed by atoms with E-state index >= 15 is 0 Å². The lowest BCUT2D eigenvalue weighted by Gasteiger charge is -2.08. The molecule has 2 N–H and O–H groups in total. The van der Waals surface area contributed by atoms with Gasteiger partial charge in [0.25, 0.3) is 0 Å². The van der Waals surface area contributed by atoms with Crippen molar-refractivity contribution in [3.05, 3.63) is 70.9 Å². The molecule has 0 saturated carbocycles. The summed E-state index contributed by atoms with van der Waals surface area (Å²) in [6, 6.07) is 13.8. The molecule has 0 aliphatic carbocycles. The van der Waals surface area contributed by atoms with Gasteiger partial charge in [-0.2, -0.15) is 0 Å². The van der Waals surface area contributed by atoms with Gasteiger partial charge in [-0.3, -0.25) is 0 Å². The Hall–Kier alpha value is -2.55. The minimum atomic E-state index is -0.245. The number of carbonyl (C=O) groups excluding carboxylic acids is 1. The molecule has 0 fully saturated rings. The minimum absolute atomic E-state index is 0.245. The van der Waals surface area contributed by atoms with Crippen LogP contribution in [0.3, 0.4) is 0 Å². The van der Waals surface area contributed by atoms with Crippen molar-refractivity contribution in [3.8, 4) is 0 Å². The monoisotopic (exact) mass is 280 g/mol. The first kappa shape index (κ1) is 14.9. The molecular formula is C18H20N2O. The van der Waals surface area contributed by atoms with Gasteiger partial charge in [-0.25, -0.2) is 4.79 Å². The number of benzene rings is 2. The number of aryl methyl sites for hydroxylation is 3. The highest BCUT2D eigenvalue weighted by Crippen LogP contribution is 2.15. The molecule has 21 heavy (non-hydrogen) atoms. The lowest BCUT2D eigenvalue weighted by Crippen LogP contribution is -2.24. The second-order valence-electron chi connectivity index (χ2n) is 5.16. The van der Waals surface area contributed by atoms with Crippen molar-refractivity contribution in [2.75, 3.05) is 5.32 Å². The van der Waals surface area contributed by atoms with Crippen LogP contribution in [0.15, 0.2) is 48.7 Å². The molecule has 0 atom stereocenters. The molecule has 0 heterocycles. The third-order valence-electron chi connectivity index (χ3n) is 3.16. The predicted molar refractivity (Wildman–Crippen MR) is 88.3 cm³/mol. The molecule has 2 aromatic rings. The molecule has 3 nitrogen and oxygen atoms in total. The lowest BCUT2D eigenvalue weighted by molar-refractivity contribution is 0.255. The summed E-state index contributed by atoms with van der Waals surface area (Å²) in [5, 5.41) is 5.54. The van der Waals surface area contributed by atoms with E-state index in [2.05, 4.69) is 16.7 Å². The first-order valence-corrected chi connectivity index (χ1v) is 6.92. The van der Waals surface area contributed by atoms with Gasteiger partial charge >= 0.3 is 6.03 Å². The van der Waals surface area contributed by atoms with Crippen LogP contribution in [0, 0.1) is 20.8 Å². The predicted octanol–water partition coefficient (Wildman–Crippen LogP) is 4.40. The van der Waals surface area contributed by atoms with E-state index < -0.39 is 0 Å². The number of nitrogens with one attached hydrogen (secondary N) is 2. The number of hydrogen-bond acceptors (Lipinski definition) is 1. The van der Waals surface area contributed by atoms with Crippen LogP contribution in [0.5, 0.6) is 0 Å². The van der Waals surface area contributed by atoms with E-state index in [1.54, 1.807) is 6.20 Å². The third-order valence-corrected chi connectivity index (χ3v) is 3.16. The van der Waals surface area contributed by atoms with Crippen LogP contribution < -0.4 is 10.6 Å². The van der Waals surface area contributed by atoms with E-state index in [1.807, 2.05) is 63.2 Å². The molecule has 0 bridgehead atoms. The Bertz CT molecular complexity index is 675.